The lowest BCUT2D eigenvalue weighted by Gasteiger charge is -2.30. The molecule has 0 unspecified atom stereocenters. The number of esters is 1. The van der Waals surface area contributed by atoms with Crippen LogP contribution in [0, 0.1) is 5.92 Å². The molecule has 2 amide bonds. The molecule has 2 aromatic rings. The van der Waals surface area contributed by atoms with Gasteiger partial charge < -0.3 is 4.74 Å². The molecule has 9 heteroatoms. The average molecular weight is 442 g/mol. The SMILES string of the molecule is O=C(OCCN1C(=O)c2ccccc2C1=O)C1CCN(S(=O)(=O)c2ccccc2)CC1. The summed E-state index contributed by atoms with van der Waals surface area (Å²) in [6.07, 6.45) is 0.718. The van der Waals surface area contributed by atoms with Crippen molar-refractivity contribution in [1.29, 1.82) is 0 Å². The van der Waals surface area contributed by atoms with E-state index in [0.717, 1.165) is 4.90 Å². The van der Waals surface area contributed by atoms with Crippen LogP contribution < -0.4 is 0 Å². The van der Waals surface area contributed by atoms with Gasteiger partial charge in [-0.1, -0.05) is 30.3 Å². The highest BCUT2D eigenvalue weighted by Crippen LogP contribution is 2.25. The predicted molar refractivity (Wildman–Crippen MR) is 111 cm³/mol. The summed E-state index contributed by atoms with van der Waals surface area (Å²) in [7, 11) is -3.58. The van der Waals surface area contributed by atoms with Crippen molar-refractivity contribution in [1.82, 2.24) is 9.21 Å². The van der Waals surface area contributed by atoms with Crippen LogP contribution in [0.25, 0.3) is 0 Å². The summed E-state index contributed by atoms with van der Waals surface area (Å²) in [6, 6.07) is 14.8. The van der Waals surface area contributed by atoms with Crippen molar-refractivity contribution in [2.24, 2.45) is 5.92 Å². The highest BCUT2D eigenvalue weighted by atomic mass is 32.2. The lowest BCUT2D eigenvalue weighted by Crippen LogP contribution is -2.41. The van der Waals surface area contributed by atoms with Gasteiger partial charge in [-0.15, -0.1) is 0 Å². The van der Waals surface area contributed by atoms with Crippen molar-refractivity contribution in [2.45, 2.75) is 17.7 Å². The van der Waals surface area contributed by atoms with Crippen molar-refractivity contribution < 1.29 is 27.5 Å². The summed E-state index contributed by atoms with van der Waals surface area (Å²) in [5.41, 5.74) is 0.705. The number of imide groups is 1. The molecule has 0 bridgehead atoms. The van der Waals surface area contributed by atoms with Gasteiger partial charge in [0.2, 0.25) is 10.0 Å². The first-order valence-electron chi connectivity index (χ1n) is 10.1. The second-order valence-corrected chi connectivity index (χ2v) is 9.40. The van der Waals surface area contributed by atoms with Crippen molar-refractivity contribution >= 4 is 27.8 Å². The maximum Gasteiger partial charge on any atom is 0.309 e. The molecule has 31 heavy (non-hydrogen) atoms. The standard InChI is InChI=1S/C22H22N2O6S/c25-20-18-8-4-5-9-19(18)21(26)24(20)14-15-30-22(27)16-10-12-23(13-11-16)31(28,29)17-6-2-1-3-7-17/h1-9,16H,10-15H2. The molecule has 0 atom stereocenters. The molecule has 0 spiro atoms. The van der Waals surface area contributed by atoms with Crippen molar-refractivity contribution in [2.75, 3.05) is 26.2 Å². The van der Waals surface area contributed by atoms with E-state index in [4.69, 9.17) is 4.74 Å². The van der Waals surface area contributed by atoms with E-state index >= 15 is 0 Å². The first-order valence-corrected chi connectivity index (χ1v) is 11.5. The maximum absolute atomic E-state index is 12.7. The second-order valence-electron chi connectivity index (χ2n) is 7.47. The van der Waals surface area contributed by atoms with Crippen LogP contribution in [0.15, 0.2) is 59.5 Å². The average Bonchev–Trinajstić information content (AvgIpc) is 3.04. The number of hydrogen-bond donors (Lipinski definition) is 0. The van der Waals surface area contributed by atoms with Crippen LogP contribution in [0.5, 0.6) is 0 Å². The Morgan fingerprint density at radius 1 is 0.903 bits per heavy atom. The normalized spacial score (nSPS) is 17.6. The van der Waals surface area contributed by atoms with E-state index < -0.39 is 33.7 Å². The number of piperidine rings is 1. The molecule has 4 rings (SSSR count). The number of sulfonamides is 1. The van der Waals surface area contributed by atoms with Crippen LogP contribution in [0.3, 0.4) is 0 Å². The Morgan fingerprint density at radius 3 is 2.03 bits per heavy atom. The van der Waals surface area contributed by atoms with E-state index in [1.54, 1.807) is 54.6 Å². The minimum Gasteiger partial charge on any atom is -0.464 e. The zero-order valence-corrected chi connectivity index (χ0v) is 17.6. The number of ether oxygens (including phenoxy) is 1. The molecule has 1 saturated heterocycles. The van der Waals surface area contributed by atoms with Gasteiger partial charge in [0.25, 0.3) is 11.8 Å². The molecule has 1 fully saturated rings. The zero-order valence-electron chi connectivity index (χ0n) is 16.8. The largest absolute Gasteiger partial charge is 0.464 e. The Kier molecular flexibility index (Phi) is 5.88. The molecule has 2 heterocycles. The van der Waals surface area contributed by atoms with E-state index in [2.05, 4.69) is 0 Å². The van der Waals surface area contributed by atoms with Crippen LogP contribution in [-0.2, 0) is 19.6 Å². The first-order chi connectivity index (χ1) is 14.9. The van der Waals surface area contributed by atoms with Gasteiger partial charge in [0.05, 0.1) is 28.5 Å². The van der Waals surface area contributed by atoms with Gasteiger partial charge in [-0.25, -0.2) is 8.42 Å². The van der Waals surface area contributed by atoms with Crippen LogP contribution >= 0.6 is 0 Å². The quantitative estimate of drug-likeness (QED) is 0.501. The highest BCUT2D eigenvalue weighted by molar-refractivity contribution is 7.89. The summed E-state index contributed by atoms with van der Waals surface area (Å²) in [5.74, 6) is -1.63. The molecule has 8 nitrogen and oxygen atoms in total. The molecular weight excluding hydrogens is 420 g/mol. The van der Waals surface area contributed by atoms with E-state index in [9.17, 15) is 22.8 Å². The summed E-state index contributed by atoms with van der Waals surface area (Å²) >= 11 is 0. The maximum atomic E-state index is 12.7. The lowest BCUT2D eigenvalue weighted by molar-refractivity contribution is -0.150. The molecule has 0 aromatic heterocycles. The molecule has 0 radical (unpaired) electrons. The summed E-state index contributed by atoms with van der Waals surface area (Å²) < 4.78 is 32.0. The van der Waals surface area contributed by atoms with Gasteiger partial charge >= 0.3 is 5.97 Å². The van der Waals surface area contributed by atoms with Crippen LogP contribution in [0.4, 0.5) is 0 Å². The number of nitrogens with zero attached hydrogens (tertiary/aromatic N) is 2. The van der Waals surface area contributed by atoms with Gasteiger partial charge in [0, 0.05) is 13.1 Å². The number of amides is 2. The van der Waals surface area contributed by atoms with Crippen molar-refractivity contribution in [3.05, 3.63) is 65.7 Å². The molecule has 0 saturated carbocycles. The van der Waals surface area contributed by atoms with Gasteiger partial charge in [0.1, 0.15) is 6.61 Å². The molecule has 0 N–H and O–H groups in total. The Labute approximate surface area is 180 Å². The second kappa shape index (κ2) is 8.60. The van der Waals surface area contributed by atoms with Crippen LogP contribution in [0.2, 0.25) is 0 Å². The molecule has 2 aliphatic rings. The van der Waals surface area contributed by atoms with Gasteiger partial charge in [-0.2, -0.15) is 4.31 Å². The number of carbonyl (C=O) groups excluding carboxylic acids is 3. The number of carbonyl (C=O) groups is 3. The Hall–Kier alpha value is -3.04. The third-order valence-electron chi connectivity index (χ3n) is 5.61. The molecule has 2 aromatic carbocycles. The topological polar surface area (TPSA) is 101 Å². The summed E-state index contributed by atoms with van der Waals surface area (Å²) in [6.45, 7) is 0.358. The molecule has 162 valence electrons. The minimum absolute atomic E-state index is 0.0146. The smallest absolute Gasteiger partial charge is 0.309 e. The third-order valence-corrected chi connectivity index (χ3v) is 7.52. The third kappa shape index (κ3) is 4.11. The van der Waals surface area contributed by atoms with E-state index in [-0.39, 0.29) is 31.1 Å². The van der Waals surface area contributed by atoms with E-state index in [1.807, 2.05) is 0 Å². The van der Waals surface area contributed by atoms with Gasteiger partial charge in [-0.05, 0) is 37.1 Å². The van der Waals surface area contributed by atoms with Crippen LogP contribution in [0.1, 0.15) is 33.6 Å². The van der Waals surface area contributed by atoms with E-state index in [1.165, 1.54) is 4.31 Å². The molecular formula is C22H22N2O6S. The molecule has 0 aliphatic carbocycles. The van der Waals surface area contributed by atoms with Gasteiger partial charge in [0.15, 0.2) is 0 Å². The molecule has 2 aliphatic heterocycles. The first kappa shape index (κ1) is 21.2. The van der Waals surface area contributed by atoms with Crippen molar-refractivity contribution in [3.63, 3.8) is 0 Å². The number of benzene rings is 2. The highest BCUT2D eigenvalue weighted by Gasteiger charge is 2.36. The van der Waals surface area contributed by atoms with E-state index in [0.29, 0.717) is 24.0 Å². The number of hydrogen-bond acceptors (Lipinski definition) is 6. The number of rotatable bonds is 6. The van der Waals surface area contributed by atoms with Crippen molar-refractivity contribution in [3.8, 4) is 0 Å². The number of fused-ring (bicyclic) bond motifs is 1. The Morgan fingerprint density at radius 2 is 1.45 bits per heavy atom. The monoisotopic (exact) mass is 442 g/mol. The fourth-order valence-electron chi connectivity index (χ4n) is 3.87. The van der Waals surface area contributed by atoms with Crippen LogP contribution in [-0.4, -0.2) is 61.6 Å². The lowest BCUT2D eigenvalue weighted by atomic mass is 9.98. The fraction of sp³-hybridized carbons (Fsp3) is 0.318. The summed E-state index contributed by atoms with van der Waals surface area (Å²) in [4.78, 5) is 38.4. The zero-order chi connectivity index (χ0) is 22.0. The predicted octanol–water partition coefficient (Wildman–Crippen LogP) is 1.93. The minimum atomic E-state index is -3.58. The fourth-order valence-corrected chi connectivity index (χ4v) is 5.36. The summed E-state index contributed by atoms with van der Waals surface area (Å²) in [5, 5.41) is 0. The Bertz CT molecular complexity index is 1070. The Balaban J connectivity index is 1.27. The van der Waals surface area contributed by atoms with Gasteiger partial charge in [-0.3, -0.25) is 19.3 Å².